The molecule has 11 nitrogen and oxygen atoms in total. The van der Waals surface area contributed by atoms with Crippen molar-refractivity contribution in [1.82, 2.24) is 20.2 Å². The highest BCUT2D eigenvalue weighted by Crippen LogP contribution is 2.51. The first-order valence-corrected chi connectivity index (χ1v) is 18.4. The topological polar surface area (TPSA) is 129 Å². The lowest BCUT2D eigenvalue weighted by atomic mass is 9.85. The molecule has 1 aliphatic carbocycles. The molecule has 1 aromatic carbocycles. The number of carbonyl (C=O) groups excluding carboxylic acids is 3. The number of hydrogen-bond donors (Lipinski definition) is 1. The molecule has 288 valence electrons. The monoisotopic (exact) mass is 734 g/mol. The predicted molar refractivity (Wildman–Crippen MR) is 187 cm³/mol. The van der Waals surface area contributed by atoms with E-state index in [2.05, 4.69) is 5.32 Å². The zero-order valence-electron chi connectivity index (χ0n) is 31.5. The van der Waals surface area contributed by atoms with Gasteiger partial charge in [0.05, 0.1) is 24.7 Å². The largest absolute Gasteiger partial charge is 0.497 e. The number of rotatable bonds is 3. The molecule has 2 aliphatic heterocycles. The number of alkyl carbamates (subject to hydrolysis) is 1. The fourth-order valence-corrected chi connectivity index (χ4v) is 7.94. The van der Waals surface area contributed by atoms with Gasteiger partial charge >= 0.3 is 18.2 Å². The average Bonchev–Trinajstić information content (AvgIpc) is 3.62. The van der Waals surface area contributed by atoms with E-state index in [4.69, 9.17) is 28.9 Å². The first-order chi connectivity index (χ1) is 24.3. The van der Waals surface area contributed by atoms with Crippen molar-refractivity contribution < 1.29 is 46.5 Å². The summed E-state index contributed by atoms with van der Waals surface area (Å²) in [7, 11) is 1.55. The van der Waals surface area contributed by atoms with E-state index in [1.54, 1.807) is 66.9 Å². The number of hydrogen-bond acceptors (Lipinski definition) is 9. The Balaban J connectivity index is 1.62. The highest BCUT2D eigenvalue weighted by atomic mass is 19.4. The van der Waals surface area contributed by atoms with Crippen LogP contribution in [0.4, 0.5) is 18.0 Å². The van der Waals surface area contributed by atoms with Gasteiger partial charge in [-0.2, -0.15) is 13.2 Å². The predicted octanol–water partition coefficient (Wildman–Crippen LogP) is 7.32. The van der Waals surface area contributed by atoms with Gasteiger partial charge in [0, 0.05) is 17.9 Å². The van der Waals surface area contributed by atoms with Crippen LogP contribution < -0.4 is 14.8 Å². The molecule has 14 heteroatoms. The van der Waals surface area contributed by atoms with Crippen molar-refractivity contribution in [3.63, 3.8) is 0 Å². The summed E-state index contributed by atoms with van der Waals surface area (Å²) in [5.41, 5.74) is -2.84. The Labute approximate surface area is 303 Å². The standard InChI is InChI=1S/C38H53F3N4O7/c1-9-24-28-21-45(29(24)33(47)51-36(5,6)7)32(46)30(35(2,3)4)44-34(48)52-37(38(39,40)41)19-13-15-22(37)14-11-10-12-16-26-31(50-28)43-27-20-23(49-8)17-18-25(27)42-26/h17-18,20,22,24,28-30H,9-16,19,21H2,1-8H3,(H,44,48). The highest BCUT2D eigenvalue weighted by molar-refractivity contribution is 5.91. The third-order valence-corrected chi connectivity index (χ3v) is 10.5. The molecule has 5 rings (SSSR count). The fourth-order valence-electron chi connectivity index (χ4n) is 7.94. The van der Waals surface area contributed by atoms with Crippen LogP contribution in [0.5, 0.6) is 11.6 Å². The number of fused-ring (bicyclic) bond motifs is 5. The van der Waals surface area contributed by atoms with Gasteiger partial charge in [0.2, 0.25) is 17.4 Å². The van der Waals surface area contributed by atoms with Gasteiger partial charge in [0.25, 0.3) is 0 Å². The molecule has 6 unspecified atom stereocenters. The Bertz CT molecular complexity index is 1640. The number of methoxy groups -OCH3 is 1. The number of nitrogens with zero attached hydrogens (tertiary/aromatic N) is 3. The molecule has 1 saturated carbocycles. The third-order valence-electron chi connectivity index (χ3n) is 10.5. The van der Waals surface area contributed by atoms with Gasteiger partial charge < -0.3 is 29.2 Å². The zero-order chi connectivity index (χ0) is 38.2. The van der Waals surface area contributed by atoms with E-state index < -0.39 is 70.8 Å². The van der Waals surface area contributed by atoms with E-state index in [-0.39, 0.29) is 38.1 Å². The van der Waals surface area contributed by atoms with Crippen molar-refractivity contribution in [3.8, 4) is 11.6 Å². The van der Waals surface area contributed by atoms with Gasteiger partial charge in [-0.1, -0.05) is 40.5 Å². The molecule has 1 aromatic heterocycles. The van der Waals surface area contributed by atoms with E-state index in [1.165, 1.54) is 4.90 Å². The van der Waals surface area contributed by atoms with Crippen LogP contribution in [0, 0.1) is 17.3 Å². The first kappa shape index (κ1) is 39.4. The van der Waals surface area contributed by atoms with Gasteiger partial charge in [-0.3, -0.25) is 4.79 Å². The normalized spacial score (nSPS) is 28.1. The van der Waals surface area contributed by atoms with Gasteiger partial charge in [-0.15, -0.1) is 0 Å². The quantitative estimate of drug-likeness (QED) is 0.323. The number of alkyl halides is 3. The minimum Gasteiger partial charge on any atom is -0.497 e. The molecule has 6 atom stereocenters. The number of carbonyl (C=O) groups is 3. The Hall–Kier alpha value is -3.84. The maximum Gasteiger partial charge on any atom is 0.428 e. The second-order valence-corrected chi connectivity index (χ2v) is 16.4. The number of aryl methyl sites for hydroxylation is 1. The fraction of sp³-hybridized carbons (Fsp3) is 0.711. The Morgan fingerprint density at radius 1 is 1.02 bits per heavy atom. The number of ether oxygens (including phenoxy) is 4. The Morgan fingerprint density at radius 2 is 1.73 bits per heavy atom. The summed E-state index contributed by atoms with van der Waals surface area (Å²) in [4.78, 5) is 53.2. The van der Waals surface area contributed by atoms with E-state index in [0.717, 1.165) is 0 Å². The van der Waals surface area contributed by atoms with Gasteiger partial charge in [-0.25, -0.2) is 19.6 Å². The molecule has 2 bridgehead atoms. The van der Waals surface area contributed by atoms with E-state index in [9.17, 15) is 27.6 Å². The molecule has 2 aromatic rings. The number of benzene rings is 1. The molecule has 2 amide bonds. The summed E-state index contributed by atoms with van der Waals surface area (Å²) in [5, 5.41) is 2.51. The third kappa shape index (κ3) is 8.20. The van der Waals surface area contributed by atoms with Crippen LogP contribution in [0.3, 0.4) is 0 Å². The Morgan fingerprint density at radius 3 is 2.37 bits per heavy atom. The van der Waals surface area contributed by atoms with Crippen molar-refractivity contribution in [3.05, 3.63) is 23.9 Å². The van der Waals surface area contributed by atoms with Crippen LogP contribution in [-0.4, -0.2) is 82.1 Å². The lowest BCUT2D eigenvalue weighted by Crippen LogP contribution is -2.60. The smallest absolute Gasteiger partial charge is 0.428 e. The minimum atomic E-state index is -4.82. The van der Waals surface area contributed by atoms with Crippen LogP contribution in [0.1, 0.15) is 106 Å². The molecule has 3 aliphatic rings. The first-order valence-electron chi connectivity index (χ1n) is 18.4. The lowest BCUT2D eigenvalue weighted by molar-refractivity contribution is -0.271. The van der Waals surface area contributed by atoms with Crippen LogP contribution in [0.2, 0.25) is 0 Å². The van der Waals surface area contributed by atoms with Crippen LogP contribution >= 0.6 is 0 Å². The molecule has 52 heavy (non-hydrogen) atoms. The van der Waals surface area contributed by atoms with Crippen LogP contribution in [0.15, 0.2) is 18.2 Å². The number of esters is 1. The minimum absolute atomic E-state index is 0.0730. The summed E-state index contributed by atoms with van der Waals surface area (Å²) in [6, 6.07) is 2.85. The lowest BCUT2D eigenvalue weighted by Gasteiger charge is -2.39. The van der Waals surface area contributed by atoms with Crippen molar-refractivity contribution in [1.29, 1.82) is 0 Å². The number of halogens is 3. The molecule has 3 heterocycles. The van der Waals surface area contributed by atoms with Crippen molar-refractivity contribution in [2.45, 2.75) is 142 Å². The zero-order valence-corrected chi connectivity index (χ0v) is 31.5. The average molecular weight is 735 g/mol. The molecule has 0 radical (unpaired) electrons. The summed E-state index contributed by atoms with van der Waals surface area (Å²) in [6.45, 7) is 12.0. The van der Waals surface area contributed by atoms with E-state index in [0.29, 0.717) is 54.6 Å². The van der Waals surface area contributed by atoms with Gasteiger partial charge in [0.1, 0.15) is 35.2 Å². The van der Waals surface area contributed by atoms with E-state index in [1.807, 2.05) is 6.92 Å². The summed E-state index contributed by atoms with van der Waals surface area (Å²) < 4.78 is 68.1. The van der Waals surface area contributed by atoms with Crippen molar-refractivity contribution in [2.75, 3.05) is 13.7 Å². The summed E-state index contributed by atoms with van der Waals surface area (Å²) in [6.07, 6.45) is -3.96. The van der Waals surface area contributed by atoms with Crippen molar-refractivity contribution in [2.24, 2.45) is 17.3 Å². The molecular weight excluding hydrogens is 681 g/mol. The Kier molecular flexibility index (Phi) is 11.3. The van der Waals surface area contributed by atoms with Gasteiger partial charge in [0.15, 0.2) is 0 Å². The number of nitrogens with one attached hydrogen (secondary N) is 1. The highest BCUT2D eigenvalue weighted by Gasteiger charge is 2.64. The molecule has 1 saturated heterocycles. The van der Waals surface area contributed by atoms with E-state index >= 15 is 0 Å². The molecule has 1 N–H and O–H groups in total. The number of aromatic nitrogens is 2. The number of amides is 2. The maximum atomic E-state index is 14.9. The van der Waals surface area contributed by atoms with Crippen LogP contribution in [-0.2, 0) is 25.5 Å². The SMILES string of the molecule is CCC1C2CN(C(=O)C(C(C)(C)C)NC(=O)OC3(C(F)(F)F)CCCC3CCCCCc3nc4ccc(OC)cc4nc3O2)C1C(=O)OC(C)(C)C. The second kappa shape index (κ2) is 14.9. The summed E-state index contributed by atoms with van der Waals surface area (Å²) in [5.74, 6) is -1.97. The molecule has 0 spiro atoms. The molecular formula is C38H53F3N4O7. The van der Waals surface area contributed by atoms with Crippen LogP contribution in [0.25, 0.3) is 11.0 Å². The molecule has 2 fully saturated rings. The van der Waals surface area contributed by atoms with Crippen molar-refractivity contribution >= 4 is 29.0 Å². The summed E-state index contributed by atoms with van der Waals surface area (Å²) >= 11 is 0. The maximum absolute atomic E-state index is 14.9. The van der Waals surface area contributed by atoms with Gasteiger partial charge in [-0.05, 0) is 83.3 Å². The second-order valence-electron chi connectivity index (χ2n) is 16.4.